The number of pyridine rings is 1. The zero-order chi connectivity index (χ0) is 14.1. The monoisotopic (exact) mass is 391 g/mol. The average Bonchev–Trinajstić information content (AvgIpc) is 2.43. The SMILES string of the molecule is CCCCNC(=NC)NCc1cccnc1N(C)C.I. The van der Waals surface area contributed by atoms with E-state index in [4.69, 9.17) is 0 Å². The fourth-order valence-corrected chi connectivity index (χ4v) is 1.75. The van der Waals surface area contributed by atoms with E-state index in [0.717, 1.165) is 30.3 Å². The van der Waals surface area contributed by atoms with Crippen LogP contribution in [0.15, 0.2) is 23.3 Å². The lowest BCUT2D eigenvalue weighted by Gasteiger charge is -2.17. The molecule has 0 bridgehead atoms. The van der Waals surface area contributed by atoms with Gasteiger partial charge in [-0.2, -0.15) is 0 Å². The van der Waals surface area contributed by atoms with Gasteiger partial charge in [-0.05, 0) is 12.5 Å². The fourth-order valence-electron chi connectivity index (χ4n) is 1.75. The number of unbranched alkanes of at least 4 members (excludes halogenated alkanes) is 1. The van der Waals surface area contributed by atoms with E-state index in [-0.39, 0.29) is 24.0 Å². The normalized spacial score (nSPS) is 10.7. The Kier molecular flexibility index (Phi) is 10.1. The summed E-state index contributed by atoms with van der Waals surface area (Å²) in [7, 11) is 5.79. The number of hydrogen-bond acceptors (Lipinski definition) is 3. The molecule has 1 aromatic heterocycles. The van der Waals surface area contributed by atoms with E-state index in [9.17, 15) is 0 Å². The second kappa shape index (κ2) is 10.7. The van der Waals surface area contributed by atoms with Crippen LogP contribution >= 0.6 is 24.0 Å². The molecule has 0 radical (unpaired) electrons. The molecule has 2 N–H and O–H groups in total. The minimum atomic E-state index is 0. The first-order chi connectivity index (χ1) is 9.19. The van der Waals surface area contributed by atoms with Crippen molar-refractivity contribution >= 4 is 35.8 Å². The van der Waals surface area contributed by atoms with Gasteiger partial charge in [-0.25, -0.2) is 4.98 Å². The van der Waals surface area contributed by atoms with Crippen LogP contribution in [0.25, 0.3) is 0 Å². The van der Waals surface area contributed by atoms with Crippen LogP contribution in [-0.4, -0.2) is 38.6 Å². The summed E-state index contributed by atoms with van der Waals surface area (Å²) in [4.78, 5) is 10.6. The van der Waals surface area contributed by atoms with E-state index >= 15 is 0 Å². The molecule has 0 saturated carbocycles. The molecule has 5 nitrogen and oxygen atoms in total. The van der Waals surface area contributed by atoms with Crippen molar-refractivity contribution in [3.05, 3.63) is 23.9 Å². The fraction of sp³-hybridized carbons (Fsp3) is 0.571. The highest BCUT2D eigenvalue weighted by molar-refractivity contribution is 14.0. The summed E-state index contributed by atoms with van der Waals surface area (Å²) in [6.07, 6.45) is 4.14. The largest absolute Gasteiger partial charge is 0.362 e. The smallest absolute Gasteiger partial charge is 0.191 e. The van der Waals surface area contributed by atoms with Gasteiger partial charge in [0, 0.05) is 46.0 Å². The molecule has 1 rings (SSSR count). The second-order valence-electron chi connectivity index (χ2n) is 4.59. The van der Waals surface area contributed by atoms with Crippen molar-refractivity contribution in [1.29, 1.82) is 0 Å². The first-order valence-corrected chi connectivity index (χ1v) is 6.74. The van der Waals surface area contributed by atoms with Crippen molar-refractivity contribution < 1.29 is 0 Å². The molecule has 0 unspecified atom stereocenters. The second-order valence-corrected chi connectivity index (χ2v) is 4.59. The number of guanidine groups is 1. The number of nitrogens with zero attached hydrogens (tertiary/aromatic N) is 3. The Bertz CT molecular complexity index is 406. The molecule has 0 saturated heterocycles. The third-order valence-electron chi connectivity index (χ3n) is 2.78. The van der Waals surface area contributed by atoms with Crippen molar-refractivity contribution in [1.82, 2.24) is 15.6 Å². The van der Waals surface area contributed by atoms with Gasteiger partial charge in [-0.1, -0.05) is 19.4 Å². The van der Waals surface area contributed by atoms with Crippen molar-refractivity contribution in [2.75, 3.05) is 32.6 Å². The van der Waals surface area contributed by atoms with Gasteiger partial charge in [-0.15, -0.1) is 24.0 Å². The van der Waals surface area contributed by atoms with Crippen LogP contribution in [0.5, 0.6) is 0 Å². The van der Waals surface area contributed by atoms with Crippen molar-refractivity contribution in [2.45, 2.75) is 26.3 Å². The molecule has 1 aromatic rings. The summed E-state index contributed by atoms with van der Waals surface area (Å²) in [5.74, 6) is 1.82. The summed E-state index contributed by atoms with van der Waals surface area (Å²) >= 11 is 0. The number of hydrogen-bond donors (Lipinski definition) is 2. The van der Waals surface area contributed by atoms with Gasteiger partial charge < -0.3 is 15.5 Å². The lowest BCUT2D eigenvalue weighted by molar-refractivity contribution is 0.728. The molecule has 0 aliphatic heterocycles. The van der Waals surface area contributed by atoms with Crippen LogP contribution in [0.2, 0.25) is 0 Å². The molecule has 0 fully saturated rings. The minimum Gasteiger partial charge on any atom is -0.362 e. The van der Waals surface area contributed by atoms with Crippen LogP contribution in [0.4, 0.5) is 5.82 Å². The average molecular weight is 391 g/mol. The standard InChI is InChI=1S/C14H25N5.HI/c1-5-6-9-17-14(15-2)18-11-12-8-7-10-16-13(12)19(3)4;/h7-8,10H,5-6,9,11H2,1-4H3,(H2,15,17,18);1H. The van der Waals surface area contributed by atoms with E-state index < -0.39 is 0 Å². The molecule has 114 valence electrons. The van der Waals surface area contributed by atoms with E-state index in [2.05, 4.69) is 33.6 Å². The van der Waals surface area contributed by atoms with Gasteiger partial charge in [0.1, 0.15) is 5.82 Å². The molecule has 0 amide bonds. The summed E-state index contributed by atoms with van der Waals surface area (Å²) in [5, 5.41) is 6.61. The van der Waals surface area contributed by atoms with E-state index in [1.165, 1.54) is 6.42 Å². The van der Waals surface area contributed by atoms with E-state index in [1.54, 1.807) is 7.05 Å². The highest BCUT2D eigenvalue weighted by Crippen LogP contribution is 2.13. The number of aromatic nitrogens is 1. The highest BCUT2D eigenvalue weighted by Gasteiger charge is 2.05. The van der Waals surface area contributed by atoms with Crippen LogP contribution in [0, 0.1) is 0 Å². The number of rotatable bonds is 6. The van der Waals surface area contributed by atoms with Crippen molar-refractivity contribution in [2.24, 2.45) is 4.99 Å². The Morgan fingerprint density at radius 2 is 2.10 bits per heavy atom. The quantitative estimate of drug-likeness (QED) is 0.338. The highest BCUT2D eigenvalue weighted by atomic mass is 127. The van der Waals surface area contributed by atoms with E-state index in [0.29, 0.717) is 6.54 Å². The molecule has 0 aliphatic rings. The topological polar surface area (TPSA) is 52.6 Å². The number of nitrogens with one attached hydrogen (secondary N) is 2. The van der Waals surface area contributed by atoms with Crippen LogP contribution in [-0.2, 0) is 6.54 Å². The molecular formula is C14H26IN5. The Labute approximate surface area is 139 Å². The predicted molar refractivity (Wildman–Crippen MR) is 97.1 cm³/mol. The third-order valence-corrected chi connectivity index (χ3v) is 2.78. The molecule has 0 spiro atoms. The van der Waals surface area contributed by atoms with Gasteiger partial charge in [0.25, 0.3) is 0 Å². The summed E-state index contributed by atoms with van der Waals surface area (Å²) in [6.45, 7) is 3.84. The van der Waals surface area contributed by atoms with Crippen LogP contribution < -0.4 is 15.5 Å². The van der Waals surface area contributed by atoms with Crippen LogP contribution in [0.1, 0.15) is 25.3 Å². The first kappa shape index (κ1) is 18.9. The lowest BCUT2D eigenvalue weighted by atomic mass is 10.2. The molecule has 0 atom stereocenters. The summed E-state index contributed by atoms with van der Waals surface area (Å²) in [6, 6.07) is 4.03. The Morgan fingerprint density at radius 3 is 2.70 bits per heavy atom. The zero-order valence-electron chi connectivity index (χ0n) is 12.8. The summed E-state index contributed by atoms with van der Waals surface area (Å²) in [5.41, 5.74) is 1.16. The zero-order valence-corrected chi connectivity index (χ0v) is 15.1. The van der Waals surface area contributed by atoms with E-state index in [1.807, 2.05) is 31.3 Å². The van der Waals surface area contributed by atoms with Crippen LogP contribution in [0.3, 0.4) is 0 Å². The van der Waals surface area contributed by atoms with Gasteiger partial charge >= 0.3 is 0 Å². The van der Waals surface area contributed by atoms with Gasteiger partial charge in [0.05, 0.1) is 0 Å². The molecular weight excluding hydrogens is 365 g/mol. The summed E-state index contributed by atoms with van der Waals surface area (Å²) < 4.78 is 0. The molecule has 0 aliphatic carbocycles. The van der Waals surface area contributed by atoms with Gasteiger partial charge in [0.2, 0.25) is 0 Å². The maximum absolute atomic E-state index is 4.38. The van der Waals surface area contributed by atoms with Gasteiger partial charge in [-0.3, -0.25) is 4.99 Å². The molecule has 0 aromatic carbocycles. The molecule has 6 heteroatoms. The first-order valence-electron chi connectivity index (χ1n) is 6.74. The predicted octanol–water partition coefficient (Wildman–Crippen LogP) is 2.23. The number of aliphatic imine (C=N–C) groups is 1. The maximum atomic E-state index is 4.38. The Hall–Kier alpha value is -1.05. The van der Waals surface area contributed by atoms with Crippen molar-refractivity contribution in [3.8, 4) is 0 Å². The molecule has 20 heavy (non-hydrogen) atoms. The number of anilines is 1. The Balaban J connectivity index is 0.00000361. The lowest BCUT2D eigenvalue weighted by Crippen LogP contribution is -2.37. The number of halogens is 1. The Morgan fingerprint density at radius 1 is 1.35 bits per heavy atom. The molecule has 1 heterocycles. The third kappa shape index (κ3) is 6.40. The maximum Gasteiger partial charge on any atom is 0.191 e. The van der Waals surface area contributed by atoms with Gasteiger partial charge in [0.15, 0.2) is 5.96 Å². The minimum absolute atomic E-state index is 0. The van der Waals surface area contributed by atoms with Crippen molar-refractivity contribution in [3.63, 3.8) is 0 Å².